The number of benzene rings is 1. The quantitative estimate of drug-likeness (QED) is 0.849. The molecule has 0 saturated carbocycles. The lowest BCUT2D eigenvalue weighted by molar-refractivity contribution is 0.291. The number of nitrogens with zero attached hydrogens (tertiary/aromatic N) is 1. The maximum atomic E-state index is 5.80. The average Bonchev–Trinajstić information content (AvgIpc) is 2.53. The first-order valence-corrected chi connectivity index (χ1v) is 7.20. The maximum Gasteiger partial charge on any atom is 0.214 e. The Hall–Kier alpha value is -2.07. The van der Waals surface area contributed by atoms with Crippen LogP contribution < -0.4 is 15.2 Å². The van der Waals surface area contributed by atoms with Crippen LogP contribution in [0.25, 0.3) is 0 Å². The molecule has 0 aliphatic rings. The van der Waals surface area contributed by atoms with Gasteiger partial charge in [-0.3, -0.25) is 0 Å². The van der Waals surface area contributed by atoms with Crippen molar-refractivity contribution in [2.24, 2.45) is 5.73 Å². The van der Waals surface area contributed by atoms with Crippen molar-refractivity contribution in [2.45, 2.75) is 32.9 Å². The summed E-state index contributed by atoms with van der Waals surface area (Å²) in [5, 5.41) is 0. The van der Waals surface area contributed by atoms with Gasteiger partial charge in [0.25, 0.3) is 0 Å². The van der Waals surface area contributed by atoms with E-state index in [9.17, 15) is 0 Å². The van der Waals surface area contributed by atoms with Crippen LogP contribution in [-0.4, -0.2) is 12.1 Å². The highest BCUT2D eigenvalue weighted by Crippen LogP contribution is 2.17. The molecule has 1 aromatic heterocycles. The van der Waals surface area contributed by atoms with Crippen molar-refractivity contribution < 1.29 is 9.47 Å². The minimum absolute atomic E-state index is 0.462. The number of rotatable bonds is 7. The predicted octanol–water partition coefficient (Wildman–Crippen LogP) is 3.08. The van der Waals surface area contributed by atoms with Gasteiger partial charge in [-0.15, -0.1) is 0 Å². The first-order chi connectivity index (χ1) is 10.2. The summed E-state index contributed by atoms with van der Waals surface area (Å²) in [5.41, 5.74) is 8.86. The van der Waals surface area contributed by atoms with Gasteiger partial charge >= 0.3 is 0 Å². The zero-order chi connectivity index (χ0) is 15.1. The highest BCUT2D eigenvalue weighted by atomic mass is 16.5. The Kier molecular flexibility index (Phi) is 5.58. The van der Waals surface area contributed by atoms with Crippen molar-refractivity contribution in [3.05, 3.63) is 53.2 Å². The van der Waals surface area contributed by atoms with E-state index in [4.69, 9.17) is 15.2 Å². The number of hydrogen-bond acceptors (Lipinski definition) is 4. The number of ether oxygens (including phenoxy) is 2. The van der Waals surface area contributed by atoms with Gasteiger partial charge in [-0.05, 0) is 35.7 Å². The molecule has 0 aliphatic heterocycles. The van der Waals surface area contributed by atoms with Gasteiger partial charge < -0.3 is 15.2 Å². The van der Waals surface area contributed by atoms with E-state index >= 15 is 0 Å². The average molecular weight is 286 g/mol. The van der Waals surface area contributed by atoms with Gasteiger partial charge in [0.1, 0.15) is 12.4 Å². The van der Waals surface area contributed by atoms with Crippen LogP contribution in [0.4, 0.5) is 0 Å². The van der Waals surface area contributed by atoms with Gasteiger partial charge in [-0.25, -0.2) is 4.98 Å². The molecule has 4 nitrogen and oxygen atoms in total. The van der Waals surface area contributed by atoms with E-state index in [0.717, 1.165) is 35.4 Å². The fourth-order valence-corrected chi connectivity index (χ4v) is 2.12. The zero-order valence-corrected chi connectivity index (χ0v) is 12.6. The van der Waals surface area contributed by atoms with Crippen molar-refractivity contribution in [3.8, 4) is 11.6 Å². The largest absolute Gasteiger partial charge is 0.497 e. The Balaban J connectivity index is 2.09. The zero-order valence-electron chi connectivity index (χ0n) is 12.6. The highest BCUT2D eigenvalue weighted by molar-refractivity contribution is 5.29. The second-order valence-corrected chi connectivity index (χ2v) is 4.90. The van der Waals surface area contributed by atoms with Crippen LogP contribution in [-0.2, 0) is 19.6 Å². The fourth-order valence-electron chi connectivity index (χ4n) is 2.12. The lowest BCUT2D eigenvalue weighted by atomic mass is 10.1. The Bertz CT molecular complexity index is 585. The normalized spacial score (nSPS) is 10.4. The Morgan fingerprint density at radius 3 is 2.71 bits per heavy atom. The van der Waals surface area contributed by atoms with Gasteiger partial charge in [0, 0.05) is 18.3 Å². The van der Waals surface area contributed by atoms with Gasteiger partial charge in [-0.2, -0.15) is 0 Å². The number of nitrogens with two attached hydrogens (primary N) is 1. The second kappa shape index (κ2) is 7.64. The minimum Gasteiger partial charge on any atom is -0.497 e. The summed E-state index contributed by atoms with van der Waals surface area (Å²) in [7, 11) is 1.66. The molecular weight excluding hydrogens is 264 g/mol. The number of hydrogen-bond donors (Lipinski definition) is 1. The summed E-state index contributed by atoms with van der Waals surface area (Å²) in [5.74, 6) is 1.45. The van der Waals surface area contributed by atoms with Gasteiger partial charge in [0.05, 0.1) is 7.11 Å². The third kappa shape index (κ3) is 4.46. The van der Waals surface area contributed by atoms with Crippen LogP contribution in [0.2, 0.25) is 0 Å². The molecule has 0 atom stereocenters. The molecule has 0 fully saturated rings. The molecule has 0 saturated heterocycles. The standard InChI is InChI=1S/C17H22N2O2/c1-3-5-15-8-14(11-18)10-17(19-15)21-12-13-6-4-7-16(9-13)20-2/h4,6-10H,3,5,11-12,18H2,1-2H3. The lowest BCUT2D eigenvalue weighted by Gasteiger charge is -2.10. The van der Waals surface area contributed by atoms with E-state index in [0.29, 0.717) is 19.0 Å². The molecule has 2 rings (SSSR count). The molecule has 21 heavy (non-hydrogen) atoms. The fraction of sp³-hybridized carbons (Fsp3) is 0.353. The molecule has 0 spiro atoms. The summed E-state index contributed by atoms with van der Waals surface area (Å²) in [6, 6.07) is 11.8. The number of pyridine rings is 1. The van der Waals surface area contributed by atoms with Gasteiger partial charge in [0.2, 0.25) is 5.88 Å². The van der Waals surface area contributed by atoms with Crippen LogP contribution in [0.1, 0.15) is 30.2 Å². The molecule has 0 aliphatic carbocycles. The Morgan fingerprint density at radius 1 is 1.14 bits per heavy atom. The molecule has 1 heterocycles. The molecule has 4 heteroatoms. The van der Waals surface area contributed by atoms with Gasteiger partial charge in [-0.1, -0.05) is 25.5 Å². The van der Waals surface area contributed by atoms with Gasteiger partial charge in [0.15, 0.2) is 0 Å². The van der Waals surface area contributed by atoms with Crippen molar-refractivity contribution in [3.63, 3.8) is 0 Å². The third-order valence-corrected chi connectivity index (χ3v) is 3.18. The van der Waals surface area contributed by atoms with E-state index in [1.54, 1.807) is 7.11 Å². The van der Waals surface area contributed by atoms with E-state index in [1.807, 2.05) is 36.4 Å². The molecule has 0 unspecified atom stereocenters. The summed E-state index contributed by atoms with van der Waals surface area (Å²) in [6.07, 6.45) is 1.99. The molecule has 0 bridgehead atoms. The molecule has 2 aromatic rings. The lowest BCUT2D eigenvalue weighted by Crippen LogP contribution is -2.04. The highest BCUT2D eigenvalue weighted by Gasteiger charge is 2.04. The molecule has 2 N–H and O–H groups in total. The van der Waals surface area contributed by atoms with E-state index in [-0.39, 0.29) is 0 Å². The smallest absolute Gasteiger partial charge is 0.214 e. The topological polar surface area (TPSA) is 57.4 Å². The predicted molar refractivity (Wildman–Crippen MR) is 83.4 cm³/mol. The summed E-state index contributed by atoms with van der Waals surface area (Å²) >= 11 is 0. The number of methoxy groups -OCH3 is 1. The Morgan fingerprint density at radius 2 is 2.00 bits per heavy atom. The summed E-state index contributed by atoms with van der Waals surface area (Å²) in [6.45, 7) is 3.09. The SMILES string of the molecule is CCCc1cc(CN)cc(OCc2cccc(OC)c2)n1. The molecule has 1 aromatic carbocycles. The van der Waals surface area contributed by atoms with E-state index in [1.165, 1.54) is 0 Å². The summed E-state index contributed by atoms with van der Waals surface area (Å²) in [4.78, 5) is 4.52. The van der Waals surface area contributed by atoms with Crippen molar-refractivity contribution >= 4 is 0 Å². The molecule has 112 valence electrons. The van der Waals surface area contributed by atoms with Crippen molar-refractivity contribution in [1.29, 1.82) is 0 Å². The van der Waals surface area contributed by atoms with Crippen LogP contribution >= 0.6 is 0 Å². The minimum atomic E-state index is 0.462. The van der Waals surface area contributed by atoms with Crippen molar-refractivity contribution in [1.82, 2.24) is 4.98 Å². The van der Waals surface area contributed by atoms with Crippen molar-refractivity contribution in [2.75, 3.05) is 7.11 Å². The number of aromatic nitrogens is 1. The first kappa shape index (κ1) is 15.3. The van der Waals surface area contributed by atoms with Crippen LogP contribution in [0.3, 0.4) is 0 Å². The summed E-state index contributed by atoms with van der Waals surface area (Å²) < 4.78 is 11.0. The first-order valence-electron chi connectivity index (χ1n) is 7.20. The molecule has 0 amide bonds. The van der Waals surface area contributed by atoms with E-state index < -0.39 is 0 Å². The monoisotopic (exact) mass is 286 g/mol. The Labute approximate surface area is 125 Å². The second-order valence-electron chi connectivity index (χ2n) is 4.90. The van der Waals surface area contributed by atoms with Crippen LogP contribution in [0.15, 0.2) is 36.4 Å². The molecule has 0 radical (unpaired) electrons. The molecular formula is C17H22N2O2. The number of aryl methyl sites for hydroxylation is 1. The maximum absolute atomic E-state index is 5.80. The van der Waals surface area contributed by atoms with Crippen LogP contribution in [0, 0.1) is 0 Å². The third-order valence-electron chi connectivity index (χ3n) is 3.18. The van der Waals surface area contributed by atoms with E-state index in [2.05, 4.69) is 11.9 Å². The van der Waals surface area contributed by atoms with Crippen LogP contribution in [0.5, 0.6) is 11.6 Å².